The second-order valence-electron chi connectivity index (χ2n) is 6.80. The van der Waals surface area contributed by atoms with E-state index in [0.717, 1.165) is 11.1 Å². The van der Waals surface area contributed by atoms with Crippen LogP contribution in [0, 0.1) is 0 Å². The fourth-order valence-electron chi connectivity index (χ4n) is 2.63. The first-order valence-electron chi connectivity index (χ1n) is 9.29. The first-order valence-corrected chi connectivity index (χ1v) is 9.29. The molecular weight excluding hydrogens is 342 g/mol. The number of carbonyl (C=O) groups is 1. The highest BCUT2D eigenvalue weighted by Gasteiger charge is 2.11. The number of aliphatic hydroxyl groups excluding tert-OH is 1. The summed E-state index contributed by atoms with van der Waals surface area (Å²) in [6.45, 7) is 4.68. The maximum atomic E-state index is 12.3. The summed E-state index contributed by atoms with van der Waals surface area (Å²) in [5.41, 5.74) is 1.72. The standard InChI is InChI=1S/C22H29NO4/c1-16(2)23-14-19(24)15-27-22-13-17(10-12-21(22)26-3)9-11-20(25)18-7-5-4-6-8-18/h4-8,10,12-13,16,19,23-24H,9,11,14-15H2,1-3H3. The van der Waals surface area contributed by atoms with Gasteiger partial charge >= 0.3 is 0 Å². The highest BCUT2D eigenvalue weighted by atomic mass is 16.5. The van der Waals surface area contributed by atoms with E-state index in [1.165, 1.54) is 0 Å². The number of hydrogen-bond acceptors (Lipinski definition) is 5. The lowest BCUT2D eigenvalue weighted by Crippen LogP contribution is -2.35. The highest BCUT2D eigenvalue weighted by Crippen LogP contribution is 2.28. The van der Waals surface area contributed by atoms with Gasteiger partial charge in [-0.25, -0.2) is 0 Å². The van der Waals surface area contributed by atoms with E-state index >= 15 is 0 Å². The first kappa shape index (κ1) is 20.9. The van der Waals surface area contributed by atoms with Gasteiger partial charge < -0.3 is 19.9 Å². The van der Waals surface area contributed by atoms with Gasteiger partial charge in [0, 0.05) is 24.6 Å². The Balaban J connectivity index is 1.94. The van der Waals surface area contributed by atoms with Crippen molar-refractivity contribution in [3.63, 3.8) is 0 Å². The number of methoxy groups -OCH3 is 1. The van der Waals surface area contributed by atoms with Crippen molar-refractivity contribution in [3.8, 4) is 11.5 Å². The number of Topliss-reactive ketones (excluding diaryl/α,β-unsaturated/α-hetero) is 1. The summed E-state index contributed by atoms with van der Waals surface area (Å²) >= 11 is 0. The molecule has 0 saturated carbocycles. The predicted molar refractivity (Wildman–Crippen MR) is 107 cm³/mol. The highest BCUT2D eigenvalue weighted by molar-refractivity contribution is 5.96. The Morgan fingerprint density at radius 1 is 1.11 bits per heavy atom. The van der Waals surface area contributed by atoms with E-state index in [1.54, 1.807) is 7.11 Å². The molecule has 1 unspecified atom stereocenters. The zero-order valence-electron chi connectivity index (χ0n) is 16.3. The average molecular weight is 371 g/mol. The van der Waals surface area contributed by atoms with Gasteiger partial charge in [0.15, 0.2) is 17.3 Å². The number of carbonyl (C=O) groups excluding carboxylic acids is 1. The van der Waals surface area contributed by atoms with Crippen LogP contribution in [0.15, 0.2) is 48.5 Å². The van der Waals surface area contributed by atoms with E-state index in [1.807, 2.05) is 62.4 Å². The largest absolute Gasteiger partial charge is 0.493 e. The Morgan fingerprint density at radius 3 is 2.52 bits per heavy atom. The number of rotatable bonds is 11. The molecule has 1 atom stereocenters. The van der Waals surface area contributed by atoms with Gasteiger partial charge in [0.2, 0.25) is 0 Å². The van der Waals surface area contributed by atoms with Gasteiger partial charge in [-0.15, -0.1) is 0 Å². The summed E-state index contributed by atoms with van der Waals surface area (Å²) in [7, 11) is 1.58. The van der Waals surface area contributed by atoms with Crippen molar-refractivity contribution >= 4 is 5.78 Å². The second kappa shape index (κ2) is 10.7. The van der Waals surface area contributed by atoms with Crippen molar-refractivity contribution < 1.29 is 19.4 Å². The fourth-order valence-corrected chi connectivity index (χ4v) is 2.63. The van der Waals surface area contributed by atoms with E-state index in [-0.39, 0.29) is 12.4 Å². The minimum absolute atomic E-state index is 0.115. The van der Waals surface area contributed by atoms with Crippen LogP contribution in [0.1, 0.15) is 36.2 Å². The Bertz CT molecular complexity index is 716. The monoisotopic (exact) mass is 371 g/mol. The summed E-state index contributed by atoms with van der Waals surface area (Å²) in [6.07, 6.45) is 0.433. The molecule has 146 valence electrons. The van der Waals surface area contributed by atoms with Gasteiger partial charge in [0.1, 0.15) is 12.7 Å². The smallest absolute Gasteiger partial charge is 0.163 e. The summed E-state index contributed by atoms with van der Waals surface area (Å²) in [5.74, 6) is 1.30. The van der Waals surface area contributed by atoms with Crippen molar-refractivity contribution in [1.82, 2.24) is 5.32 Å². The first-order chi connectivity index (χ1) is 13.0. The molecule has 0 aliphatic carbocycles. The predicted octanol–water partition coefficient (Wildman–Crippen LogP) is 3.25. The summed E-state index contributed by atoms with van der Waals surface area (Å²) in [4.78, 5) is 12.3. The molecule has 0 amide bonds. The van der Waals surface area contributed by atoms with E-state index in [0.29, 0.717) is 36.9 Å². The molecule has 0 radical (unpaired) electrons. The zero-order valence-corrected chi connectivity index (χ0v) is 16.3. The van der Waals surface area contributed by atoms with Crippen LogP contribution in [-0.2, 0) is 6.42 Å². The Kier molecular flexibility index (Phi) is 8.30. The van der Waals surface area contributed by atoms with Crippen LogP contribution in [0.5, 0.6) is 11.5 Å². The number of hydrogen-bond donors (Lipinski definition) is 2. The molecule has 0 bridgehead atoms. The number of nitrogens with one attached hydrogen (secondary N) is 1. The van der Waals surface area contributed by atoms with Crippen LogP contribution in [0.2, 0.25) is 0 Å². The molecule has 2 aromatic carbocycles. The second-order valence-corrected chi connectivity index (χ2v) is 6.80. The van der Waals surface area contributed by atoms with Gasteiger partial charge in [-0.05, 0) is 24.1 Å². The third-order valence-corrected chi connectivity index (χ3v) is 4.16. The number of aryl methyl sites for hydroxylation is 1. The van der Waals surface area contributed by atoms with Gasteiger partial charge in [-0.1, -0.05) is 50.2 Å². The molecule has 0 spiro atoms. The third kappa shape index (κ3) is 7.04. The van der Waals surface area contributed by atoms with Gasteiger partial charge in [0.25, 0.3) is 0 Å². The lowest BCUT2D eigenvalue weighted by Gasteiger charge is -2.17. The number of benzene rings is 2. The summed E-state index contributed by atoms with van der Waals surface area (Å²) in [6, 6.07) is 15.2. The van der Waals surface area contributed by atoms with Crippen LogP contribution < -0.4 is 14.8 Å². The quantitative estimate of drug-likeness (QED) is 0.594. The van der Waals surface area contributed by atoms with Crippen LogP contribution in [0.4, 0.5) is 0 Å². The van der Waals surface area contributed by atoms with E-state index < -0.39 is 6.10 Å². The number of aliphatic hydroxyl groups is 1. The molecule has 0 heterocycles. The molecule has 5 nitrogen and oxygen atoms in total. The average Bonchev–Trinajstić information content (AvgIpc) is 2.69. The third-order valence-electron chi connectivity index (χ3n) is 4.16. The van der Waals surface area contributed by atoms with Crippen molar-refractivity contribution in [2.75, 3.05) is 20.3 Å². The van der Waals surface area contributed by atoms with E-state index in [9.17, 15) is 9.90 Å². The number of ketones is 1. The summed E-state index contributed by atoms with van der Waals surface area (Å²) < 4.78 is 11.1. The van der Waals surface area contributed by atoms with Gasteiger partial charge in [-0.3, -0.25) is 4.79 Å². The molecule has 0 aliphatic heterocycles. The maximum Gasteiger partial charge on any atom is 0.163 e. The SMILES string of the molecule is COc1ccc(CCC(=O)c2ccccc2)cc1OCC(O)CNC(C)C. The van der Waals surface area contributed by atoms with Crippen molar-refractivity contribution in [2.24, 2.45) is 0 Å². The molecule has 0 fully saturated rings. The molecule has 0 aromatic heterocycles. The minimum atomic E-state index is -0.611. The lowest BCUT2D eigenvalue weighted by atomic mass is 10.0. The van der Waals surface area contributed by atoms with Crippen molar-refractivity contribution in [2.45, 2.75) is 38.8 Å². The zero-order chi connectivity index (χ0) is 19.6. The molecule has 2 rings (SSSR count). The lowest BCUT2D eigenvalue weighted by molar-refractivity contribution is 0.0982. The topological polar surface area (TPSA) is 67.8 Å². The van der Waals surface area contributed by atoms with Crippen LogP contribution in [0.25, 0.3) is 0 Å². The van der Waals surface area contributed by atoms with Gasteiger partial charge in [0.05, 0.1) is 7.11 Å². The number of ether oxygens (including phenoxy) is 2. The molecule has 2 aromatic rings. The van der Waals surface area contributed by atoms with Gasteiger partial charge in [-0.2, -0.15) is 0 Å². The molecule has 27 heavy (non-hydrogen) atoms. The molecule has 0 aliphatic rings. The Morgan fingerprint density at radius 2 is 1.85 bits per heavy atom. The molecule has 2 N–H and O–H groups in total. The fraction of sp³-hybridized carbons (Fsp3) is 0.409. The normalized spacial score (nSPS) is 12.0. The molecule has 5 heteroatoms. The van der Waals surface area contributed by atoms with E-state index in [4.69, 9.17) is 9.47 Å². The van der Waals surface area contributed by atoms with Crippen LogP contribution in [0.3, 0.4) is 0 Å². The molecular formula is C22H29NO4. The summed E-state index contributed by atoms with van der Waals surface area (Å²) in [5, 5.41) is 13.2. The van der Waals surface area contributed by atoms with Crippen molar-refractivity contribution in [1.29, 1.82) is 0 Å². The molecule has 0 saturated heterocycles. The van der Waals surface area contributed by atoms with Crippen LogP contribution >= 0.6 is 0 Å². The van der Waals surface area contributed by atoms with E-state index in [2.05, 4.69) is 5.32 Å². The maximum absolute atomic E-state index is 12.3. The Hall–Kier alpha value is -2.37. The Labute approximate surface area is 161 Å². The van der Waals surface area contributed by atoms with Crippen molar-refractivity contribution in [3.05, 3.63) is 59.7 Å². The van der Waals surface area contributed by atoms with Crippen LogP contribution in [-0.4, -0.2) is 43.3 Å². The minimum Gasteiger partial charge on any atom is -0.493 e.